The van der Waals surface area contributed by atoms with E-state index < -0.39 is 54.3 Å². The maximum atomic E-state index is 11.8. The van der Waals surface area contributed by atoms with Gasteiger partial charge in [-0.3, -0.25) is 19.2 Å². The van der Waals surface area contributed by atoms with Gasteiger partial charge in [0.25, 0.3) is 0 Å². The second kappa shape index (κ2) is 15.5. The molecule has 12 heteroatoms. The quantitative estimate of drug-likeness (QED) is 0.119. The normalized spacial score (nSPS) is 15.7. The van der Waals surface area contributed by atoms with Crippen molar-refractivity contribution in [2.24, 2.45) is 11.7 Å². The molecule has 0 saturated carbocycles. The van der Waals surface area contributed by atoms with Crippen LogP contribution in [0, 0.1) is 5.92 Å². The Morgan fingerprint density at radius 1 is 0.903 bits per heavy atom. The van der Waals surface area contributed by atoms with Gasteiger partial charge in [0.2, 0.25) is 5.91 Å². The van der Waals surface area contributed by atoms with Crippen molar-refractivity contribution in [1.82, 2.24) is 5.32 Å². The van der Waals surface area contributed by atoms with Gasteiger partial charge in [-0.1, -0.05) is 6.92 Å². The summed E-state index contributed by atoms with van der Waals surface area (Å²) in [5.74, 6) is -3.23. The number of hydrogen-bond acceptors (Lipinski definition) is 11. The molecule has 0 aromatic rings. The summed E-state index contributed by atoms with van der Waals surface area (Å²) in [6.45, 7) is 6.77. The number of rotatable bonds is 15. The standard InChI is InChI=1S/C19H34N2O10/c1-11(10-29-13(3)23)17(30-14(4)24)18(31-15(5)25)16(21-12(2)22)19(26)28-9-8-27-7-6-20/h11,16-19,26H,6-10,20H2,1-5H3,(H,21,22). The van der Waals surface area contributed by atoms with Crippen molar-refractivity contribution in [3.8, 4) is 0 Å². The van der Waals surface area contributed by atoms with Gasteiger partial charge < -0.3 is 39.8 Å². The van der Waals surface area contributed by atoms with Gasteiger partial charge in [0.1, 0.15) is 12.1 Å². The number of hydrogen-bond donors (Lipinski definition) is 3. The number of amides is 1. The highest BCUT2D eigenvalue weighted by molar-refractivity contribution is 5.73. The third-order valence-corrected chi connectivity index (χ3v) is 3.85. The molecule has 4 N–H and O–H groups in total. The Labute approximate surface area is 181 Å². The van der Waals surface area contributed by atoms with Gasteiger partial charge in [0.05, 0.1) is 26.4 Å². The van der Waals surface area contributed by atoms with Gasteiger partial charge >= 0.3 is 17.9 Å². The van der Waals surface area contributed by atoms with Crippen LogP contribution in [0.25, 0.3) is 0 Å². The molecule has 31 heavy (non-hydrogen) atoms. The second-order valence-corrected chi connectivity index (χ2v) is 6.82. The molecule has 0 saturated heterocycles. The highest BCUT2D eigenvalue weighted by Crippen LogP contribution is 2.21. The van der Waals surface area contributed by atoms with Crippen LogP contribution in [0.4, 0.5) is 0 Å². The number of carbonyl (C=O) groups is 4. The topological polar surface area (TPSA) is 173 Å². The largest absolute Gasteiger partial charge is 0.465 e. The molecule has 0 fully saturated rings. The second-order valence-electron chi connectivity index (χ2n) is 6.82. The van der Waals surface area contributed by atoms with Gasteiger partial charge in [-0.25, -0.2) is 0 Å². The third kappa shape index (κ3) is 12.9. The SMILES string of the molecule is CC(=O)NC(C(O)OCCOCCN)C(OC(C)=O)C(OC(C)=O)C(C)COC(C)=O. The van der Waals surface area contributed by atoms with E-state index in [1.165, 1.54) is 13.8 Å². The number of aliphatic hydroxyl groups is 1. The molecule has 180 valence electrons. The van der Waals surface area contributed by atoms with Crippen LogP contribution >= 0.6 is 0 Å². The van der Waals surface area contributed by atoms with Gasteiger partial charge in [0, 0.05) is 40.2 Å². The average Bonchev–Trinajstić information content (AvgIpc) is 2.66. The molecule has 0 aromatic heterocycles. The van der Waals surface area contributed by atoms with Crippen LogP contribution in [0.5, 0.6) is 0 Å². The highest BCUT2D eigenvalue weighted by atomic mass is 16.6. The van der Waals surface area contributed by atoms with E-state index >= 15 is 0 Å². The number of esters is 3. The van der Waals surface area contributed by atoms with Crippen molar-refractivity contribution in [2.45, 2.75) is 59.2 Å². The zero-order valence-electron chi connectivity index (χ0n) is 18.6. The zero-order chi connectivity index (χ0) is 24.0. The van der Waals surface area contributed by atoms with Crippen LogP contribution in [0.1, 0.15) is 34.6 Å². The first-order valence-electron chi connectivity index (χ1n) is 9.81. The van der Waals surface area contributed by atoms with Crippen molar-refractivity contribution in [2.75, 3.05) is 33.0 Å². The number of nitrogens with two attached hydrogens (primary N) is 1. The molecule has 0 aliphatic rings. The van der Waals surface area contributed by atoms with Crippen molar-refractivity contribution >= 4 is 23.8 Å². The Bertz CT molecular complexity index is 586. The van der Waals surface area contributed by atoms with Gasteiger partial charge in [-0.2, -0.15) is 0 Å². The third-order valence-electron chi connectivity index (χ3n) is 3.85. The van der Waals surface area contributed by atoms with Crippen molar-refractivity contribution in [3.63, 3.8) is 0 Å². The highest BCUT2D eigenvalue weighted by Gasteiger charge is 2.42. The minimum atomic E-state index is -1.64. The minimum Gasteiger partial charge on any atom is -0.465 e. The number of ether oxygens (including phenoxy) is 5. The molecule has 5 atom stereocenters. The van der Waals surface area contributed by atoms with Crippen molar-refractivity contribution in [1.29, 1.82) is 0 Å². The first-order valence-corrected chi connectivity index (χ1v) is 9.81. The molecule has 0 bridgehead atoms. The first kappa shape index (κ1) is 28.7. The van der Waals surface area contributed by atoms with E-state index in [0.29, 0.717) is 13.2 Å². The molecular formula is C19H34N2O10. The summed E-state index contributed by atoms with van der Waals surface area (Å²) in [5, 5.41) is 13.0. The Balaban J connectivity index is 5.73. The van der Waals surface area contributed by atoms with E-state index in [-0.39, 0.29) is 19.8 Å². The summed E-state index contributed by atoms with van der Waals surface area (Å²) in [4.78, 5) is 46.4. The Morgan fingerprint density at radius 3 is 1.97 bits per heavy atom. The molecule has 0 aliphatic carbocycles. The molecule has 1 amide bonds. The van der Waals surface area contributed by atoms with E-state index in [9.17, 15) is 24.3 Å². The van der Waals surface area contributed by atoms with E-state index in [0.717, 1.165) is 13.8 Å². The molecule has 0 aromatic carbocycles. The van der Waals surface area contributed by atoms with Crippen LogP contribution in [-0.4, -0.2) is 86.4 Å². The smallest absolute Gasteiger partial charge is 0.303 e. The monoisotopic (exact) mass is 450 g/mol. The molecule has 5 unspecified atom stereocenters. The summed E-state index contributed by atoms with van der Waals surface area (Å²) in [5.41, 5.74) is 5.32. The zero-order valence-corrected chi connectivity index (χ0v) is 18.6. The lowest BCUT2D eigenvalue weighted by Crippen LogP contribution is -2.59. The fraction of sp³-hybridized carbons (Fsp3) is 0.789. The summed E-state index contributed by atoms with van der Waals surface area (Å²) in [7, 11) is 0. The summed E-state index contributed by atoms with van der Waals surface area (Å²) < 4.78 is 26.1. The van der Waals surface area contributed by atoms with Crippen molar-refractivity contribution < 1.29 is 48.0 Å². The van der Waals surface area contributed by atoms with Crippen LogP contribution in [0.2, 0.25) is 0 Å². The lowest BCUT2D eigenvalue weighted by Gasteiger charge is -2.37. The predicted octanol–water partition coefficient (Wildman–Crippen LogP) is -1.14. The Hall–Kier alpha value is -2.28. The Kier molecular flexibility index (Phi) is 14.4. The molecule has 0 heterocycles. The maximum absolute atomic E-state index is 11.8. The average molecular weight is 450 g/mol. The number of nitrogens with one attached hydrogen (secondary N) is 1. The van der Waals surface area contributed by atoms with Gasteiger partial charge in [-0.05, 0) is 0 Å². The van der Waals surface area contributed by atoms with E-state index in [1.54, 1.807) is 6.92 Å². The Morgan fingerprint density at radius 2 is 1.48 bits per heavy atom. The molecule has 0 rings (SSSR count). The fourth-order valence-corrected chi connectivity index (χ4v) is 2.65. The molecular weight excluding hydrogens is 416 g/mol. The lowest BCUT2D eigenvalue weighted by atomic mass is 9.94. The maximum Gasteiger partial charge on any atom is 0.303 e. The molecule has 0 aliphatic heterocycles. The van der Waals surface area contributed by atoms with E-state index in [2.05, 4.69) is 5.32 Å². The van der Waals surface area contributed by atoms with Crippen LogP contribution in [0.3, 0.4) is 0 Å². The van der Waals surface area contributed by atoms with E-state index in [1.807, 2.05) is 0 Å². The van der Waals surface area contributed by atoms with Crippen LogP contribution in [0.15, 0.2) is 0 Å². The number of aliphatic hydroxyl groups excluding tert-OH is 1. The van der Waals surface area contributed by atoms with Crippen LogP contribution in [-0.2, 0) is 42.9 Å². The van der Waals surface area contributed by atoms with Crippen molar-refractivity contribution in [3.05, 3.63) is 0 Å². The minimum absolute atomic E-state index is 0.0503. The fourth-order valence-electron chi connectivity index (χ4n) is 2.65. The molecule has 0 radical (unpaired) electrons. The predicted molar refractivity (Wildman–Crippen MR) is 106 cm³/mol. The van der Waals surface area contributed by atoms with Crippen LogP contribution < -0.4 is 11.1 Å². The first-order chi connectivity index (χ1) is 14.5. The number of carbonyl (C=O) groups excluding carboxylic acids is 4. The molecule has 0 spiro atoms. The molecule has 12 nitrogen and oxygen atoms in total. The van der Waals surface area contributed by atoms with Gasteiger partial charge in [-0.15, -0.1) is 0 Å². The lowest BCUT2D eigenvalue weighted by molar-refractivity contribution is -0.196. The summed E-state index contributed by atoms with van der Waals surface area (Å²) in [6.07, 6.45) is -4.17. The summed E-state index contributed by atoms with van der Waals surface area (Å²) in [6, 6.07) is -1.31. The summed E-state index contributed by atoms with van der Waals surface area (Å²) >= 11 is 0. The van der Waals surface area contributed by atoms with E-state index in [4.69, 9.17) is 29.4 Å². The van der Waals surface area contributed by atoms with Gasteiger partial charge in [0.15, 0.2) is 12.4 Å².